The number of carbonyl (C=O) groups excluding carboxylic acids is 1. The minimum Gasteiger partial charge on any atom is -0.480 e. The average molecular weight is 376 g/mol. The van der Waals surface area contributed by atoms with Crippen molar-refractivity contribution in [2.45, 2.75) is 25.3 Å². The molecule has 0 saturated heterocycles. The van der Waals surface area contributed by atoms with E-state index in [1.807, 2.05) is 54.6 Å². The molecule has 23 heavy (non-hydrogen) atoms. The Balaban J connectivity index is 1.89. The van der Waals surface area contributed by atoms with Crippen LogP contribution in [0.1, 0.15) is 17.5 Å². The SMILES string of the molecule is O=C(CCc1ccccc1)N[C@H](Cc1ccc(Br)cc1)C(=O)O. The van der Waals surface area contributed by atoms with Crippen molar-refractivity contribution in [3.63, 3.8) is 0 Å². The number of aliphatic carboxylic acids is 1. The van der Waals surface area contributed by atoms with E-state index in [0.29, 0.717) is 6.42 Å². The highest BCUT2D eigenvalue weighted by molar-refractivity contribution is 9.10. The molecule has 1 atom stereocenters. The third kappa shape index (κ3) is 5.87. The van der Waals surface area contributed by atoms with Crippen LogP contribution in [0.15, 0.2) is 59.1 Å². The first-order chi connectivity index (χ1) is 11.0. The van der Waals surface area contributed by atoms with Gasteiger partial charge in [-0.1, -0.05) is 58.4 Å². The van der Waals surface area contributed by atoms with Crippen LogP contribution in [-0.4, -0.2) is 23.0 Å². The number of aryl methyl sites for hydroxylation is 1. The molecule has 0 aromatic heterocycles. The second-order valence-electron chi connectivity index (χ2n) is 5.27. The van der Waals surface area contributed by atoms with Crippen LogP contribution >= 0.6 is 15.9 Å². The Morgan fingerprint density at radius 1 is 1.00 bits per heavy atom. The summed E-state index contributed by atoms with van der Waals surface area (Å²) in [6, 6.07) is 16.1. The Labute approximate surface area is 143 Å². The van der Waals surface area contributed by atoms with Crippen LogP contribution < -0.4 is 5.32 Å². The number of hydrogen-bond acceptors (Lipinski definition) is 2. The fourth-order valence-corrected chi connectivity index (χ4v) is 2.49. The number of nitrogens with one attached hydrogen (secondary N) is 1. The lowest BCUT2D eigenvalue weighted by molar-refractivity contribution is -0.141. The molecular formula is C18H18BrNO3. The van der Waals surface area contributed by atoms with E-state index in [1.54, 1.807) is 0 Å². The molecule has 0 bridgehead atoms. The minimum atomic E-state index is -1.03. The molecule has 0 heterocycles. The summed E-state index contributed by atoms with van der Waals surface area (Å²) in [6.07, 6.45) is 1.13. The predicted octanol–water partition coefficient (Wildman–Crippen LogP) is 3.19. The first-order valence-corrected chi connectivity index (χ1v) is 8.14. The largest absolute Gasteiger partial charge is 0.480 e. The Morgan fingerprint density at radius 2 is 1.65 bits per heavy atom. The van der Waals surface area contributed by atoms with Gasteiger partial charge < -0.3 is 10.4 Å². The molecule has 2 aromatic carbocycles. The summed E-state index contributed by atoms with van der Waals surface area (Å²) in [5, 5.41) is 11.9. The standard InChI is InChI=1S/C18H18BrNO3/c19-15-9-6-14(7-10-15)12-16(18(22)23)20-17(21)11-8-13-4-2-1-3-5-13/h1-7,9-10,16H,8,11-12H2,(H,20,21)(H,22,23)/t16-/m1/s1. The van der Waals surface area contributed by atoms with Crippen LogP contribution in [0.4, 0.5) is 0 Å². The van der Waals surface area contributed by atoms with Crippen LogP contribution in [-0.2, 0) is 22.4 Å². The van der Waals surface area contributed by atoms with Gasteiger partial charge in [0.15, 0.2) is 0 Å². The maximum Gasteiger partial charge on any atom is 0.326 e. The molecule has 4 nitrogen and oxygen atoms in total. The van der Waals surface area contributed by atoms with Gasteiger partial charge in [-0.2, -0.15) is 0 Å². The molecule has 2 rings (SSSR count). The van der Waals surface area contributed by atoms with Crippen molar-refractivity contribution in [3.8, 4) is 0 Å². The van der Waals surface area contributed by atoms with E-state index in [1.165, 1.54) is 0 Å². The third-order valence-corrected chi connectivity index (χ3v) is 4.00. The molecule has 120 valence electrons. The minimum absolute atomic E-state index is 0.252. The van der Waals surface area contributed by atoms with E-state index in [9.17, 15) is 14.7 Å². The Morgan fingerprint density at radius 3 is 2.26 bits per heavy atom. The Kier molecular flexibility index (Phi) is 6.35. The van der Waals surface area contributed by atoms with Crippen LogP contribution in [0, 0.1) is 0 Å². The number of benzene rings is 2. The number of carboxylic acid groups (broad SMARTS) is 1. The molecule has 0 aliphatic rings. The zero-order valence-corrected chi connectivity index (χ0v) is 14.1. The summed E-state index contributed by atoms with van der Waals surface area (Å²) in [4.78, 5) is 23.4. The van der Waals surface area contributed by atoms with Crippen molar-refractivity contribution in [2.24, 2.45) is 0 Å². The molecule has 0 aliphatic heterocycles. The van der Waals surface area contributed by atoms with Crippen LogP contribution in [0.5, 0.6) is 0 Å². The molecular weight excluding hydrogens is 358 g/mol. The maximum absolute atomic E-state index is 12.0. The topological polar surface area (TPSA) is 66.4 Å². The van der Waals surface area contributed by atoms with Crippen LogP contribution in [0.2, 0.25) is 0 Å². The van der Waals surface area contributed by atoms with Gasteiger partial charge in [-0.15, -0.1) is 0 Å². The number of halogens is 1. The highest BCUT2D eigenvalue weighted by atomic mass is 79.9. The van der Waals surface area contributed by atoms with Crippen molar-refractivity contribution in [1.29, 1.82) is 0 Å². The summed E-state index contributed by atoms with van der Waals surface area (Å²) < 4.78 is 0.931. The summed E-state index contributed by atoms with van der Waals surface area (Å²) in [5.74, 6) is -1.28. The fraction of sp³-hybridized carbons (Fsp3) is 0.222. The lowest BCUT2D eigenvalue weighted by atomic mass is 10.1. The van der Waals surface area contributed by atoms with Crippen LogP contribution in [0.3, 0.4) is 0 Å². The Bertz CT molecular complexity index is 656. The first kappa shape index (κ1) is 17.2. The van der Waals surface area contributed by atoms with E-state index in [4.69, 9.17) is 0 Å². The molecule has 0 fully saturated rings. The van der Waals surface area contributed by atoms with Crippen molar-refractivity contribution >= 4 is 27.8 Å². The molecule has 0 unspecified atom stereocenters. The maximum atomic E-state index is 12.0. The van der Waals surface area contributed by atoms with E-state index in [0.717, 1.165) is 15.6 Å². The van der Waals surface area contributed by atoms with Crippen molar-refractivity contribution in [2.75, 3.05) is 0 Å². The number of carboxylic acids is 1. The van der Waals surface area contributed by atoms with Gasteiger partial charge in [0, 0.05) is 17.3 Å². The Hall–Kier alpha value is -2.14. The van der Waals surface area contributed by atoms with Gasteiger partial charge in [-0.25, -0.2) is 4.79 Å². The summed E-state index contributed by atoms with van der Waals surface area (Å²) in [7, 11) is 0. The average Bonchev–Trinajstić information content (AvgIpc) is 2.55. The summed E-state index contributed by atoms with van der Waals surface area (Å²) in [6.45, 7) is 0. The first-order valence-electron chi connectivity index (χ1n) is 7.35. The lowest BCUT2D eigenvalue weighted by Crippen LogP contribution is -2.42. The summed E-state index contributed by atoms with van der Waals surface area (Å²) >= 11 is 3.34. The highest BCUT2D eigenvalue weighted by Crippen LogP contribution is 2.12. The van der Waals surface area contributed by atoms with Gasteiger partial charge in [0.1, 0.15) is 6.04 Å². The van der Waals surface area contributed by atoms with Gasteiger partial charge in [0.25, 0.3) is 0 Å². The van der Waals surface area contributed by atoms with Gasteiger partial charge in [-0.05, 0) is 29.7 Å². The molecule has 0 aliphatic carbocycles. The summed E-state index contributed by atoms with van der Waals surface area (Å²) in [5.41, 5.74) is 1.92. The van der Waals surface area contributed by atoms with Gasteiger partial charge >= 0.3 is 5.97 Å². The molecule has 2 N–H and O–H groups in total. The van der Waals surface area contributed by atoms with Crippen molar-refractivity contribution < 1.29 is 14.7 Å². The monoisotopic (exact) mass is 375 g/mol. The fourth-order valence-electron chi connectivity index (χ4n) is 2.23. The number of carbonyl (C=O) groups is 2. The number of amides is 1. The zero-order chi connectivity index (χ0) is 16.7. The van der Waals surface area contributed by atoms with Gasteiger partial charge in [0.05, 0.1) is 0 Å². The highest BCUT2D eigenvalue weighted by Gasteiger charge is 2.20. The lowest BCUT2D eigenvalue weighted by Gasteiger charge is -2.15. The molecule has 5 heteroatoms. The molecule has 2 aromatic rings. The van der Waals surface area contributed by atoms with Gasteiger partial charge in [0.2, 0.25) is 5.91 Å². The number of rotatable bonds is 7. The van der Waals surface area contributed by atoms with E-state index >= 15 is 0 Å². The van der Waals surface area contributed by atoms with Crippen molar-refractivity contribution in [1.82, 2.24) is 5.32 Å². The molecule has 0 spiro atoms. The quantitative estimate of drug-likeness (QED) is 0.780. The third-order valence-electron chi connectivity index (χ3n) is 3.47. The molecule has 0 radical (unpaired) electrons. The zero-order valence-electron chi connectivity index (χ0n) is 12.5. The van der Waals surface area contributed by atoms with Crippen LogP contribution in [0.25, 0.3) is 0 Å². The van der Waals surface area contributed by atoms with E-state index < -0.39 is 12.0 Å². The molecule has 0 saturated carbocycles. The predicted molar refractivity (Wildman–Crippen MR) is 92.2 cm³/mol. The van der Waals surface area contributed by atoms with Gasteiger partial charge in [-0.3, -0.25) is 4.79 Å². The molecule has 1 amide bonds. The second-order valence-corrected chi connectivity index (χ2v) is 6.19. The number of hydrogen-bond donors (Lipinski definition) is 2. The normalized spacial score (nSPS) is 11.7. The van der Waals surface area contributed by atoms with Crippen molar-refractivity contribution in [3.05, 3.63) is 70.2 Å². The second kappa shape index (κ2) is 8.48. The van der Waals surface area contributed by atoms with E-state index in [-0.39, 0.29) is 18.7 Å². The van der Waals surface area contributed by atoms with E-state index in [2.05, 4.69) is 21.2 Å². The smallest absolute Gasteiger partial charge is 0.326 e.